The van der Waals surface area contributed by atoms with Crippen molar-refractivity contribution in [3.8, 4) is 0 Å². The number of nitro benzene ring substituents is 1. The van der Waals surface area contributed by atoms with Crippen LogP contribution in [0.1, 0.15) is 40.0 Å². The second-order valence-electron chi connectivity index (χ2n) is 5.09. The molecule has 0 aliphatic carbocycles. The molecule has 0 spiro atoms. The Balaban J connectivity index is 3.21. The van der Waals surface area contributed by atoms with Gasteiger partial charge in [0.15, 0.2) is 0 Å². The minimum Gasteiger partial charge on any atom is -0.291 e. The molecule has 0 unspecified atom stereocenters. The molecule has 0 radical (unpaired) electrons. The molecule has 19 heavy (non-hydrogen) atoms. The van der Waals surface area contributed by atoms with Crippen molar-refractivity contribution in [2.24, 2.45) is 0 Å². The summed E-state index contributed by atoms with van der Waals surface area (Å²) >= 11 is 0. The maximum absolute atomic E-state index is 11.0. The normalized spacial score (nSPS) is 11.5. The number of hydrogen-bond acceptors (Lipinski definition) is 2. The third kappa shape index (κ3) is 3.77. The van der Waals surface area contributed by atoms with Gasteiger partial charge in [0.2, 0.25) is 0 Å². The zero-order valence-electron chi connectivity index (χ0n) is 12.3. The molecule has 1 aromatic carbocycles. The topological polar surface area (TPSA) is 43.1 Å². The van der Waals surface area contributed by atoms with Gasteiger partial charge in [0.1, 0.15) is 5.69 Å². The predicted molar refractivity (Wildman–Crippen MR) is 80.4 cm³/mol. The summed E-state index contributed by atoms with van der Waals surface area (Å²) in [6, 6.07) is 7.17. The Morgan fingerprint density at radius 2 is 1.58 bits per heavy atom. The second-order valence-corrected chi connectivity index (χ2v) is 5.09. The van der Waals surface area contributed by atoms with E-state index >= 15 is 0 Å². The molecule has 0 heterocycles. The summed E-state index contributed by atoms with van der Waals surface area (Å²) in [7, 11) is 0. The first-order valence-corrected chi connectivity index (χ1v) is 7.20. The molecule has 4 nitrogen and oxygen atoms in total. The molecule has 0 saturated heterocycles. The summed E-state index contributed by atoms with van der Waals surface area (Å²) < 4.78 is 0.866. The van der Waals surface area contributed by atoms with Gasteiger partial charge in [-0.1, -0.05) is 20.8 Å². The van der Waals surface area contributed by atoms with Gasteiger partial charge in [-0.25, -0.2) is 0 Å². The van der Waals surface area contributed by atoms with Crippen molar-refractivity contribution in [2.45, 2.75) is 40.0 Å². The van der Waals surface area contributed by atoms with E-state index in [2.05, 4.69) is 20.8 Å². The number of quaternary nitrogens is 1. The number of benzene rings is 1. The van der Waals surface area contributed by atoms with E-state index in [-0.39, 0.29) is 10.6 Å². The fourth-order valence-corrected chi connectivity index (χ4v) is 2.91. The maximum Gasteiger partial charge on any atom is 0.275 e. The van der Waals surface area contributed by atoms with Crippen LogP contribution in [0.4, 0.5) is 11.4 Å². The van der Waals surface area contributed by atoms with E-state index in [1.165, 1.54) is 0 Å². The van der Waals surface area contributed by atoms with Crippen LogP contribution < -0.4 is 4.48 Å². The number of nitro groups is 1. The summed E-state index contributed by atoms with van der Waals surface area (Å²) in [6.07, 6.45) is 3.26. The minimum atomic E-state index is -0.304. The highest BCUT2D eigenvalue weighted by atomic mass is 16.6. The number of hydrogen-bond donors (Lipinski definition) is 0. The SMILES string of the molecule is CCC[N+](CCC)(CCC)c1cccc([N+](=O)[O-])c1. The molecule has 0 saturated carbocycles. The Labute approximate surface area is 115 Å². The van der Waals surface area contributed by atoms with Gasteiger partial charge in [-0.3, -0.25) is 14.6 Å². The van der Waals surface area contributed by atoms with Crippen molar-refractivity contribution in [3.05, 3.63) is 34.4 Å². The molecule has 0 aromatic heterocycles. The molecular formula is C15H25N2O2+. The average Bonchev–Trinajstić information content (AvgIpc) is 2.39. The monoisotopic (exact) mass is 265 g/mol. The van der Waals surface area contributed by atoms with Gasteiger partial charge in [0.05, 0.1) is 30.6 Å². The predicted octanol–water partition coefficient (Wildman–Crippen LogP) is 4.13. The van der Waals surface area contributed by atoms with Crippen LogP contribution in [-0.4, -0.2) is 24.6 Å². The largest absolute Gasteiger partial charge is 0.291 e. The van der Waals surface area contributed by atoms with Gasteiger partial charge >= 0.3 is 0 Å². The average molecular weight is 265 g/mol. The maximum atomic E-state index is 11.0. The minimum absolute atomic E-state index is 0.198. The Morgan fingerprint density at radius 3 is 2.00 bits per heavy atom. The molecule has 0 aliphatic rings. The molecule has 4 heteroatoms. The molecule has 0 aliphatic heterocycles. The smallest absolute Gasteiger partial charge is 0.275 e. The molecule has 1 aromatic rings. The zero-order valence-corrected chi connectivity index (χ0v) is 12.3. The van der Waals surface area contributed by atoms with Crippen LogP contribution in [0.5, 0.6) is 0 Å². The van der Waals surface area contributed by atoms with Crippen LogP contribution in [0.25, 0.3) is 0 Å². The summed E-state index contributed by atoms with van der Waals surface area (Å²) in [5.41, 5.74) is 1.28. The molecule has 106 valence electrons. The first kappa shape index (κ1) is 15.6. The van der Waals surface area contributed by atoms with Gasteiger partial charge in [0.25, 0.3) is 5.69 Å². The van der Waals surface area contributed by atoms with Crippen LogP contribution in [0.3, 0.4) is 0 Å². The van der Waals surface area contributed by atoms with Crippen LogP contribution in [0, 0.1) is 10.1 Å². The number of rotatable bonds is 8. The highest BCUT2D eigenvalue weighted by Crippen LogP contribution is 2.28. The quantitative estimate of drug-likeness (QED) is 0.403. The van der Waals surface area contributed by atoms with E-state index in [0.29, 0.717) is 0 Å². The lowest BCUT2D eigenvalue weighted by molar-refractivity contribution is -0.384. The van der Waals surface area contributed by atoms with Gasteiger partial charge in [0, 0.05) is 6.07 Å². The lowest BCUT2D eigenvalue weighted by Gasteiger charge is -2.37. The molecule has 1 rings (SSSR count). The highest BCUT2D eigenvalue weighted by molar-refractivity contribution is 5.50. The molecule has 0 bridgehead atoms. The van der Waals surface area contributed by atoms with Gasteiger partial charge in [-0.15, -0.1) is 0 Å². The number of nitrogens with zero attached hydrogens (tertiary/aromatic N) is 2. The van der Waals surface area contributed by atoms with E-state index in [1.807, 2.05) is 6.07 Å². The first-order chi connectivity index (χ1) is 9.09. The summed E-state index contributed by atoms with van der Waals surface area (Å²) in [5.74, 6) is 0. The molecule has 0 N–H and O–H groups in total. The van der Waals surface area contributed by atoms with E-state index < -0.39 is 0 Å². The highest BCUT2D eigenvalue weighted by Gasteiger charge is 2.29. The lowest BCUT2D eigenvalue weighted by atomic mass is 10.1. The van der Waals surface area contributed by atoms with Crippen molar-refractivity contribution < 1.29 is 4.92 Å². The Kier molecular flexibility index (Phi) is 5.96. The standard InChI is InChI=1S/C15H25N2O2/c1-4-10-17(11-5-2,12-6-3)15-9-7-8-14(13-15)16(18)19/h7-9,13H,4-6,10-12H2,1-3H3/q+1. The molecule has 0 fully saturated rings. The Bertz CT molecular complexity index is 401. The first-order valence-electron chi connectivity index (χ1n) is 7.20. The Hall–Kier alpha value is -1.42. The molecular weight excluding hydrogens is 240 g/mol. The number of non-ortho nitro benzene ring substituents is 1. The van der Waals surface area contributed by atoms with Crippen molar-refractivity contribution >= 4 is 11.4 Å². The second kappa shape index (κ2) is 7.24. The van der Waals surface area contributed by atoms with Gasteiger partial charge in [-0.2, -0.15) is 0 Å². The Morgan fingerprint density at radius 1 is 1.05 bits per heavy atom. The van der Waals surface area contributed by atoms with Crippen molar-refractivity contribution in [2.75, 3.05) is 19.6 Å². The van der Waals surface area contributed by atoms with Crippen molar-refractivity contribution in [1.82, 2.24) is 4.48 Å². The van der Waals surface area contributed by atoms with Crippen LogP contribution in [0.2, 0.25) is 0 Å². The molecule has 0 amide bonds. The third-order valence-electron chi connectivity index (χ3n) is 3.54. The van der Waals surface area contributed by atoms with Crippen molar-refractivity contribution in [1.29, 1.82) is 0 Å². The van der Waals surface area contributed by atoms with E-state index in [1.54, 1.807) is 18.2 Å². The summed E-state index contributed by atoms with van der Waals surface area (Å²) in [5, 5.41) is 11.0. The van der Waals surface area contributed by atoms with E-state index in [9.17, 15) is 10.1 Å². The van der Waals surface area contributed by atoms with Crippen molar-refractivity contribution in [3.63, 3.8) is 0 Å². The fourth-order valence-electron chi connectivity index (χ4n) is 2.91. The van der Waals surface area contributed by atoms with Gasteiger partial charge < -0.3 is 0 Å². The van der Waals surface area contributed by atoms with E-state index in [0.717, 1.165) is 49.1 Å². The summed E-state index contributed by atoms with van der Waals surface area (Å²) in [4.78, 5) is 10.6. The summed E-state index contributed by atoms with van der Waals surface area (Å²) in [6.45, 7) is 9.66. The lowest BCUT2D eigenvalue weighted by Crippen LogP contribution is -2.51. The van der Waals surface area contributed by atoms with Gasteiger partial charge in [-0.05, 0) is 31.4 Å². The third-order valence-corrected chi connectivity index (χ3v) is 3.54. The zero-order chi connectivity index (χ0) is 14.3. The fraction of sp³-hybridized carbons (Fsp3) is 0.600. The van der Waals surface area contributed by atoms with E-state index in [4.69, 9.17) is 0 Å². The van der Waals surface area contributed by atoms with Crippen LogP contribution >= 0.6 is 0 Å². The van der Waals surface area contributed by atoms with Crippen LogP contribution in [-0.2, 0) is 0 Å². The van der Waals surface area contributed by atoms with Crippen LogP contribution in [0.15, 0.2) is 24.3 Å². The molecule has 0 atom stereocenters.